The van der Waals surface area contributed by atoms with E-state index in [1.807, 2.05) is 6.92 Å². The molecule has 1 saturated carbocycles. The van der Waals surface area contributed by atoms with Crippen LogP contribution in [0.15, 0.2) is 6.07 Å². The van der Waals surface area contributed by atoms with E-state index in [1.54, 1.807) is 6.07 Å². The van der Waals surface area contributed by atoms with E-state index in [2.05, 4.69) is 10.6 Å². The van der Waals surface area contributed by atoms with Crippen molar-refractivity contribution in [3.8, 4) is 0 Å². The lowest BCUT2D eigenvalue weighted by molar-refractivity contribution is 0.0698. The number of anilines is 1. The Bertz CT molecular complexity index is 466. The largest absolute Gasteiger partial charge is 0.478 e. The second-order valence-corrected chi connectivity index (χ2v) is 5.48. The van der Waals surface area contributed by atoms with Crippen molar-refractivity contribution < 1.29 is 14.7 Å². The maximum absolute atomic E-state index is 11.7. The van der Waals surface area contributed by atoms with Crippen molar-refractivity contribution in [2.24, 2.45) is 0 Å². The average Bonchev–Trinajstić information content (AvgIpc) is 2.67. The van der Waals surface area contributed by atoms with Gasteiger partial charge in [0.25, 0.3) is 0 Å². The van der Waals surface area contributed by atoms with Crippen LogP contribution in [0.25, 0.3) is 0 Å². The summed E-state index contributed by atoms with van der Waals surface area (Å²) in [7, 11) is 0. The average molecular weight is 268 g/mol. The molecule has 1 heterocycles. The van der Waals surface area contributed by atoms with Gasteiger partial charge in [-0.25, -0.2) is 9.59 Å². The summed E-state index contributed by atoms with van der Waals surface area (Å²) in [5.74, 6) is -1.01. The minimum absolute atomic E-state index is 0.167. The van der Waals surface area contributed by atoms with Gasteiger partial charge < -0.3 is 10.4 Å². The molecule has 0 spiro atoms. The molecule has 0 saturated heterocycles. The van der Waals surface area contributed by atoms with Gasteiger partial charge in [-0.05, 0) is 31.7 Å². The van der Waals surface area contributed by atoms with Crippen LogP contribution in [0.3, 0.4) is 0 Å². The van der Waals surface area contributed by atoms with Crippen LogP contribution in [-0.4, -0.2) is 23.1 Å². The summed E-state index contributed by atoms with van der Waals surface area (Å²) in [6.07, 6.45) is 3.91. The Morgan fingerprint density at radius 3 is 2.72 bits per heavy atom. The normalized spacial score (nSPS) is 14.9. The van der Waals surface area contributed by atoms with Crippen LogP contribution >= 0.6 is 11.3 Å². The Morgan fingerprint density at radius 2 is 2.22 bits per heavy atom. The Kier molecular flexibility index (Phi) is 3.86. The standard InChI is InChI=1S/C12H16N2O3S/c1-2-8-6-9(11(15)16)10(18-8)14-12(17)13-7-4-3-5-7/h6-7H,2-5H2,1H3,(H,15,16)(H2,13,14,17). The van der Waals surface area contributed by atoms with Gasteiger partial charge in [0.1, 0.15) is 5.00 Å². The number of amides is 2. The minimum Gasteiger partial charge on any atom is -0.478 e. The topological polar surface area (TPSA) is 78.4 Å². The van der Waals surface area contributed by atoms with Gasteiger partial charge in [-0.3, -0.25) is 5.32 Å². The zero-order valence-electron chi connectivity index (χ0n) is 10.2. The molecule has 5 nitrogen and oxygen atoms in total. The molecule has 1 aliphatic carbocycles. The van der Waals surface area contributed by atoms with Gasteiger partial charge in [0.15, 0.2) is 0 Å². The molecule has 0 atom stereocenters. The molecule has 2 rings (SSSR count). The van der Waals surface area contributed by atoms with Gasteiger partial charge in [-0.1, -0.05) is 6.92 Å². The molecule has 18 heavy (non-hydrogen) atoms. The molecule has 1 aromatic heterocycles. The summed E-state index contributed by atoms with van der Waals surface area (Å²) in [5, 5.41) is 14.9. The lowest BCUT2D eigenvalue weighted by atomic mass is 9.93. The number of hydrogen-bond acceptors (Lipinski definition) is 3. The molecule has 0 radical (unpaired) electrons. The zero-order chi connectivity index (χ0) is 13.1. The van der Waals surface area contributed by atoms with Gasteiger partial charge in [0, 0.05) is 10.9 Å². The molecular weight excluding hydrogens is 252 g/mol. The first-order valence-electron chi connectivity index (χ1n) is 6.03. The number of aryl methyl sites for hydroxylation is 1. The number of urea groups is 1. The molecule has 0 unspecified atom stereocenters. The van der Waals surface area contributed by atoms with E-state index in [9.17, 15) is 9.59 Å². The van der Waals surface area contributed by atoms with Crippen LogP contribution in [0, 0.1) is 0 Å². The van der Waals surface area contributed by atoms with Crippen molar-refractivity contribution in [2.45, 2.75) is 38.6 Å². The number of aromatic carboxylic acids is 1. The van der Waals surface area contributed by atoms with Crippen molar-refractivity contribution in [2.75, 3.05) is 5.32 Å². The molecule has 98 valence electrons. The third kappa shape index (κ3) is 2.81. The summed E-state index contributed by atoms with van der Waals surface area (Å²) in [5.41, 5.74) is 0.167. The molecule has 2 amide bonds. The van der Waals surface area contributed by atoms with Gasteiger partial charge >= 0.3 is 12.0 Å². The maximum atomic E-state index is 11.7. The predicted octanol–water partition coefficient (Wildman–Crippen LogP) is 2.68. The lowest BCUT2D eigenvalue weighted by Crippen LogP contribution is -2.41. The Hall–Kier alpha value is -1.56. The Labute approximate surface area is 109 Å². The second kappa shape index (κ2) is 5.39. The quantitative estimate of drug-likeness (QED) is 0.785. The molecule has 0 bridgehead atoms. The molecule has 3 N–H and O–H groups in total. The highest BCUT2D eigenvalue weighted by molar-refractivity contribution is 7.16. The number of thiophene rings is 1. The number of carboxylic acids is 1. The molecule has 0 aromatic carbocycles. The number of hydrogen-bond donors (Lipinski definition) is 3. The van der Waals surface area contributed by atoms with Gasteiger partial charge in [0.05, 0.1) is 5.56 Å². The monoisotopic (exact) mass is 268 g/mol. The number of nitrogens with one attached hydrogen (secondary N) is 2. The van der Waals surface area contributed by atoms with Crippen molar-refractivity contribution in [1.82, 2.24) is 5.32 Å². The van der Waals surface area contributed by atoms with Crippen molar-refractivity contribution in [1.29, 1.82) is 0 Å². The van der Waals surface area contributed by atoms with Crippen molar-refractivity contribution in [3.05, 3.63) is 16.5 Å². The van der Waals surface area contributed by atoms with Crippen LogP contribution in [0.4, 0.5) is 9.80 Å². The molecular formula is C12H16N2O3S. The number of carbonyl (C=O) groups is 2. The first kappa shape index (κ1) is 12.9. The van der Waals surface area contributed by atoms with Crippen LogP contribution in [0.1, 0.15) is 41.4 Å². The number of rotatable bonds is 4. The van der Waals surface area contributed by atoms with E-state index in [0.29, 0.717) is 5.00 Å². The third-order valence-corrected chi connectivity index (χ3v) is 4.22. The van der Waals surface area contributed by atoms with Crippen molar-refractivity contribution in [3.63, 3.8) is 0 Å². The smallest absolute Gasteiger partial charge is 0.338 e. The zero-order valence-corrected chi connectivity index (χ0v) is 11.0. The van der Waals surface area contributed by atoms with Gasteiger partial charge in [-0.15, -0.1) is 11.3 Å². The number of carbonyl (C=O) groups excluding carboxylic acids is 1. The summed E-state index contributed by atoms with van der Waals surface area (Å²) in [6.45, 7) is 1.95. The summed E-state index contributed by atoms with van der Waals surface area (Å²) in [4.78, 5) is 23.7. The highest BCUT2D eigenvalue weighted by atomic mass is 32.1. The summed E-state index contributed by atoms with van der Waals surface area (Å²) < 4.78 is 0. The molecule has 6 heteroatoms. The Balaban J connectivity index is 2.04. The van der Waals surface area contributed by atoms with Crippen LogP contribution in [0.2, 0.25) is 0 Å². The highest BCUT2D eigenvalue weighted by Crippen LogP contribution is 2.28. The fourth-order valence-electron chi connectivity index (χ4n) is 1.75. The predicted molar refractivity (Wildman–Crippen MR) is 70.4 cm³/mol. The summed E-state index contributed by atoms with van der Waals surface area (Å²) in [6, 6.07) is 1.54. The molecule has 1 fully saturated rings. The summed E-state index contributed by atoms with van der Waals surface area (Å²) >= 11 is 1.32. The van der Waals surface area contributed by atoms with Crippen molar-refractivity contribution >= 4 is 28.3 Å². The number of carboxylic acid groups (broad SMARTS) is 1. The molecule has 0 aliphatic heterocycles. The minimum atomic E-state index is -1.01. The fraction of sp³-hybridized carbons (Fsp3) is 0.500. The van der Waals surface area contributed by atoms with E-state index in [1.165, 1.54) is 11.3 Å². The second-order valence-electron chi connectivity index (χ2n) is 4.34. The highest BCUT2D eigenvalue weighted by Gasteiger charge is 2.21. The van der Waals surface area contributed by atoms with E-state index >= 15 is 0 Å². The van der Waals surface area contributed by atoms with E-state index < -0.39 is 5.97 Å². The fourth-order valence-corrected chi connectivity index (χ4v) is 2.73. The molecule has 1 aliphatic rings. The first-order chi connectivity index (χ1) is 8.60. The van der Waals surface area contributed by atoms with E-state index in [0.717, 1.165) is 30.6 Å². The SMILES string of the molecule is CCc1cc(C(=O)O)c(NC(=O)NC2CCC2)s1. The van der Waals surface area contributed by atoms with E-state index in [4.69, 9.17) is 5.11 Å². The third-order valence-electron chi connectivity index (χ3n) is 3.03. The van der Waals surface area contributed by atoms with Gasteiger partial charge in [-0.2, -0.15) is 0 Å². The first-order valence-corrected chi connectivity index (χ1v) is 6.85. The maximum Gasteiger partial charge on any atom is 0.338 e. The van der Waals surface area contributed by atoms with Gasteiger partial charge in [0.2, 0.25) is 0 Å². The lowest BCUT2D eigenvalue weighted by Gasteiger charge is -2.26. The molecule has 1 aromatic rings. The van der Waals surface area contributed by atoms with Crippen LogP contribution < -0.4 is 10.6 Å². The van der Waals surface area contributed by atoms with E-state index in [-0.39, 0.29) is 17.6 Å². The Morgan fingerprint density at radius 1 is 1.50 bits per heavy atom. The van der Waals surface area contributed by atoms with Crippen LogP contribution in [0.5, 0.6) is 0 Å². The van der Waals surface area contributed by atoms with Crippen LogP contribution in [-0.2, 0) is 6.42 Å².